The van der Waals surface area contributed by atoms with E-state index in [1.54, 1.807) is 6.08 Å². The van der Waals surface area contributed by atoms with E-state index in [-0.39, 0.29) is 25.7 Å². The number of fused-ring (bicyclic) bond motifs is 3. The number of nitrogens with zero attached hydrogens (tertiary/aromatic N) is 1. The molecule has 1 N–H and O–H groups in total. The SMILES string of the molecule is C=CC1(CO)COCCN1C(=O)OCC1c2ccccc2-c2ccccc21. The molecule has 5 heteroatoms. The van der Waals surface area contributed by atoms with E-state index in [1.165, 1.54) is 27.2 Å². The molecule has 4 rings (SSSR count). The van der Waals surface area contributed by atoms with Crippen molar-refractivity contribution in [2.24, 2.45) is 0 Å². The van der Waals surface area contributed by atoms with Gasteiger partial charge < -0.3 is 14.6 Å². The van der Waals surface area contributed by atoms with Crippen LogP contribution in [0, 0.1) is 0 Å². The zero-order valence-electron chi connectivity index (χ0n) is 15.1. The van der Waals surface area contributed by atoms with Crippen molar-refractivity contribution in [3.63, 3.8) is 0 Å². The number of amides is 1. The molecule has 140 valence electrons. The molecule has 5 nitrogen and oxygen atoms in total. The van der Waals surface area contributed by atoms with Gasteiger partial charge in [0.2, 0.25) is 0 Å². The summed E-state index contributed by atoms with van der Waals surface area (Å²) in [6.07, 6.45) is 1.11. The number of morpholine rings is 1. The van der Waals surface area contributed by atoms with Gasteiger partial charge in [-0.3, -0.25) is 4.90 Å². The van der Waals surface area contributed by atoms with Crippen LogP contribution in [-0.2, 0) is 9.47 Å². The number of ether oxygens (including phenoxy) is 2. The number of benzene rings is 2. The van der Waals surface area contributed by atoms with Crippen molar-refractivity contribution < 1.29 is 19.4 Å². The molecule has 1 atom stereocenters. The summed E-state index contributed by atoms with van der Waals surface area (Å²) in [4.78, 5) is 14.3. The Balaban J connectivity index is 1.55. The molecule has 1 saturated heterocycles. The van der Waals surface area contributed by atoms with Crippen LogP contribution in [0.3, 0.4) is 0 Å². The maximum atomic E-state index is 12.8. The molecule has 0 radical (unpaired) electrons. The summed E-state index contributed by atoms with van der Waals surface area (Å²) in [6, 6.07) is 16.5. The molecular formula is C22H23NO4. The summed E-state index contributed by atoms with van der Waals surface area (Å²) < 4.78 is 11.1. The molecule has 0 saturated carbocycles. The van der Waals surface area contributed by atoms with Gasteiger partial charge in [0.25, 0.3) is 0 Å². The molecule has 1 fully saturated rings. The number of aliphatic hydroxyl groups is 1. The second-order valence-electron chi connectivity index (χ2n) is 6.97. The minimum atomic E-state index is -0.930. The van der Waals surface area contributed by atoms with Gasteiger partial charge in [-0.1, -0.05) is 54.6 Å². The van der Waals surface area contributed by atoms with Crippen molar-refractivity contribution in [3.05, 3.63) is 72.3 Å². The Bertz CT molecular complexity index is 819. The summed E-state index contributed by atoms with van der Waals surface area (Å²) in [5, 5.41) is 9.80. The fourth-order valence-electron chi connectivity index (χ4n) is 4.02. The van der Waals surface area contributed by atoms with Crippen molar-refractivity contribution in [2.75, 3.05) is 33.0 Å². The van der Waals surface area contributed by atoms with Crippen LogP contribution in [0.4, 0.5) is 4.79 Å². The molecule has 1 amide bonds. The quantitative estimate of drug-likeness (QED) is 0.846. The molecule has 1 aliphatic heterocycles. The van der Waals surface area contributed by atoms with E-state index in [9.17, 15) is 9.90 Å². The molecule has 0 bridgehead atoms. The number of carbonyl (C=O) groups is 1. The van der Waals surface area contributed by atoms with Crippen LogP contribution in [0.5, 0.6) is 0 Å². The lowest BCUT2D eigenvalue weighted by Crippen LogP contribution is -2.60. The Labute approximate surface area is 158 Å². The largest absolute Gasteiger partial charge is 0.448 e. The van der Waals surface area contributed by atoms with E-state index in [0.29, 0.717) is 13.2 Å². The minimum Gasteiger partial charge on any atom is -0.448 e. The molecule has 27 heavy (non-hydrogen) atoms. The molecule has 2 aromatic carbocycles. The van der Waals surface area contributed by atoms with E-state index >= 15 is 0 Å². The van der Waals surface area contributed by atoms with Gasteiger partial charge in [-0.2, -0.15) is 0 Å². The molecule has 2 aliphatic rings. The average molecular weight is 365 g/mol. The Morgan fingerprint density at radius 3 is 2.44 bits per heavy atom. The third kappa shape index (κ3) is 2.93. The van der Waals surface area contributed by atoms with Gasteiger partial charge in [0.1, 0.15) is 12.1 Å². The van der Waals surface area contributed by atoms with Crippen molar-refractivity contribution in [3.8, 4) is 11.1 Å². The van der Waals surface area contributed by atoms with Crippen molar-refractivity contribution >= 4 is 6.09 Å². The highest BCUT2D eigenvalue weighted by Gasteiger charge is 2.41. The third-order valence-electron chi connectivity index (χ3n) is 5.56. The van der Waals surface area contributed by atoms with Crippen LogP contribution in [0.25, 0.3) is 11.1 Å². The zero-order valence-corrected chi connectivity index (χ0v) is 15.1. The standard InChI is InChI=1S/C22H23NO4/c1-2-22(14-24)15-26-12-11-23(22)21(25)27-13-20-18-9-5-3-7-16(18)17-8-4-6-10-19(17)20/h2-10,20,24H,1,11-15H2. The van der Waals surface area contributed by atoms with Crippen LogP contribution in [-0.4, -0.2) is 54.6 Å². The first-order valence-electron chi connectivity index (χ1n) is 9.15. The molecule has 2 aromatic rings. The van der Waals surface area contributed by atoms with Crippen LogP contribution in [0.15, 0.2) is 61.2 Å². The Kier molecular flexibility index (Phi) is 4.72. The second-order valence-corrected chi connectivity index (χ2v) is 6.97. The lowest BCUT2D eigenvalue weighted by Gasteiger charge is -2.42. The molecule has 0 spiro atoms. The van der Waals surface area contributed by atoms with E-state index in [1.807, 2.05) is 24.3 Å². The van der Waals surface area contributed by atoms with Crippen molar-refractivity contribution in [1.29, 1.82) is 0 Å². The van der Waals surface area contributed by atoms with Crippen LogP contribution in [0.2, 0.25) is 0 Å². The van der Waals surface area contributed by atoms with Gasteiger partial charge in [0.05, 0.1) is 19.8 Å². The van der Waals surface area contributed by atoms with E-state index in [0.717, 1.165) is 0 Å². The summed E-state index contributed by atoms with van der Waals surface area (Å²) in [7, 11) is 0. The van der Waals surface area contributed by atoms with Gasteiger partial charge in [-0.05, 0) is 22.3 Å². The molecule has 1 unspecified atom stereocenters. The van der Waals surface area contributed by atoms with Crippen LogP contribution in [0.1, 0.15) is 17.0 Å². The third-order valence-corrected chi connectivity index (χ3v) is 5.56. The minimum absolute atomic E-state index is 0.00893. The average Bonchev–Trinajstić information content (AvgIpc) is 3.05. The van der Waals surface area contributed by atoms with Crippen LogP contribution < -0.4 is 0 Å². The van der Waals surface area contributed by atoms with E-state index in [4.69, 9.17) is 9.47 Å². The summed E-state index contributed by atoms with van der Waals surface area (Å²) in [6.45, 7) is 4.77. The normalized spacial score (nSPS) is 21.4. The van der Waals surface area contributed by atoms with Gasteiger partial charge in [0.15, 0.2) is 0 Å². The fourth-order valence-corrected chi connectivity index (χ4v) is 4.02. The Hall–Kier alpha value is -2.63. The Morgan fingerprint density at radius 1 is 1.22 bits per heavy atom. The van der Waals surface area contributed by atoms with Gasteiger partial charge in [-0.15, -0.1) is 6.58 Å². The molecule has 1 heterocycles. The van der Waals surface area contributed by atoms with E-state index in [2.05, 4.69) is 30.8 Å². The number of carbonyl (C=O) groups excluding carboxylic acids is 1. The van der Waals surface area contributed by atoms with Crippen molar-refractivity contribution in [1.82, 2.24) is 4.90 Å². The van der Waals surface area contributed by atoms with Gasteiger partial charge in [-0.25, -0.2) is 4.79 Å². The number of hydrogen-bond donors (Lipinski definition) is 1. The summed E-state index contributed by atoms with van der Waals surface area (Å²) in [5.41, 5.74) is 3.80. The smallest absolute Gasteiger partial charge is 0.410 e. The number of rotatable bonds is 4. The van der Waals surface area contributed by atoms with E-state index < -0.39 is 11.6 Å². The first-order valence-corrected chi connectivity index (χ1v) is 9.15. The predicted molar refractivity (Wildman–Crippen MR) is 103 cm³/mol. The Morgan fingerprint density at radius 2 is 1.85 bits per heavy atom. The van der Waals surface area contributed by atoms with Crippen LogP contribution >= 0.6 is 0 Å². The monoisotopic (exact) mass is 365 g/mol. The highest BCUT2D eigenvalue weighted by Crippen LogP contribution is 2.44. The highest BCUT2D eigenvalue weighted by molar-refractivity contribution is 5.79. The van der Waals surface area contributed by atoms with Gasteiger partial charge in [0, 0.05) is 12.5 Å². The topological polar surface area (TPSA) is 59.0 Å². The number of aliphatic hydroxyl groups excluding tert-OH is 1. The number of hydrogen-bond acceptors (Lipinski definition) is 4. The molecule has 1 aliphatic carbocycles. The maximum Gasteiger partial charge on any atom is 0.410 e. The lowest BCUT2D eigenvalue weighted by molar-refractivity contribution is -0.0605. The summed E-state index contributed by atoms with van der Waals surface area (Å²) >= 11 is 0. The lowest BCUT2D eigenvalue weighted by atomic mass is 9.98. The van der Waals surface area contributed by atoms with Gasteiger partial charge >= 0.3 is 6.09 Å². The first kappa shape index (κ1) is 17.8. The maximum absolute atomic E-state index is 12.8. The highest BCUT2D eigenvalue weighted by atomic mass is 16.6. The zero-order chi connectivity index (χ0) is 18.9. The molecular weight excluding hydrogens is 342 g/mol. The fraction of sp³-hybridized carbons (Fsp3) is 0.318. The molecule has 0 aromatic heterocycles. The first-order chi connectivity index (χ1) is 13.2. The second kappa shape index (κ2) is 7.18. The predicted octanol–water partition coefficient (Wildman–Crippen LogP) is 3.18. The van der Waals surface area contributed by atoms with Crippen molar-refractivity contribution in [2.45, 2.75) is 11.5 Å². The summed E-state index contributed by atoms with van der Waals surface area (Å²) in [5.74, 6) is 0.00893.